The maximum absolute atomic E-state index is 13.1. The number of aliphatic hydroxyl groups is 1. The molecule has 36 heavy (non-hydrogen) atoms. The fourth-order valence-electron chi connectivity index (χ4n) is 5.28. The number of aryl methyl sites for hydroxylation is 3. The topological polar surface area (TPSA) is 72.9 Å². The van der Waals surface area contributed by atoms with E-state index in [1.165, 1.54) is 0 Å². The molecule has 1 N–H and O–H groups in total. The molecule has 0 bridgehead atoms. The second kappa shape index (κ2) is 8.59. The van der Waals surface area contributed by atoms with Crippen LogP contribution in [0.4, 0.5) is 0 Å². The highest BCUT2D eigenvalue weighted by molar-refractivity contribution is 6.31. The van der Waals surface area contributed by atoms with E-state index in [9.17, 15) is 9.90 Å². The molecule has 1 aliphatic rings. The third kappa shape index (κ3) is 3.56. The summed E-state index contributed by atoms with van der Waals surface area (Å²) in [7, 11) is 1.80. The third-order valence-corrected chi connectivity index (χ3v) is 7.45. The molecule has 6 nitrogen and oxygen atoms in total. The van der Waals surface area contributed by atoms with E-state index >= 15 is 0 Å². The second-order valence-electron chi connectivity index (χ2n) is 9.18. The van der Waals surface area contributed by atoms with Gasteiger partial charge in [0.05, 0.1) is 5.52 Å². The molecule has 0 radical (unpaired) electrons. The first-order valence-corrected chi connectivity index (χ1v) is 12.4. The number of halogens is 2. The molecular weight excluding hydrogens is 495 g/mol. The molecule has 1 atom stereocenters. The monoisotopic (exact) mass is 516 g/mol. The summed E-state index contributed by atoms with van der Waals surface area (Å²) >= 11 is 12.5. The normalized spacial score (nSPS) is 14.7. The van der Waals surface area contributed by atoms with Gasteiger partial charge in [-0.1, -0.05) is 47.5 Å². The quantitative estimate of drug-likeness (QED) is 0.350. The third-order valence-electron chi connectivity index (χ3n) is 6.96. The zero-order chi connectivity index (χ0) is 25.0. The van der Waals surface area contributed by atoms with Crippen molar-refractivity contribution in [1.82, 2.24) is 19.3 Å². The average Bonchev–Trinajstić information content (AvgIpc) is 3.32. The van der Waals surface area contributed by atoms with E-state index in [1.807, 2.05) is 41.0 Å². The van der Waals surface area contributed by atoms with Gasteiger partial charge in [0, 0.05) is 35.1 Å². The number of hydrogen-bond acceptors (Lipinski definition) is 4. The fraction of sp³-hybridized carbons (Fsp3) is 0.179. The first kappa shape index (κ1) is 23.0. The Morgan fingerprint density at radius 2 is 1.78 bits per heavy atom. The minimum absolute atomic E-state index is 0.0487. The van der Waals surface area contributed by atoms with E-state index in [2.05, 4.69) is 10.2 Å². The Kier molecular flexibility index (Phi) is 5.48. The minimum atomic E-state index is -1.61. The Hall–Kier alpha value is -3.45. The number of nitrogens with zero attached hydrogens (tertiary/aromatic N) is 4. The van der Waals surface area contributed by atoms with Crippen LogP contribution in [0, 0.1) is 0 Å². The lowest BCUT2D eigenvalue weighted by molar-refractivity contribution is 0.112. The summed E-state index contributed by atoms with van der Waals surface area (Å²) < 4.78 is 3.54. The molecular formula is C28H22Cl2N4O2. The first-order chi connectivity index (χ1) is 17.4. The largest absolute Gasteiger partial charge is 0.373 e. The molecule has 6 rings (SSSR count). The predicted molar refractivity (Wildman–Crippen MR) is 142 cm³/mol. The summed E-state index contributed by atoms with van der Waals surface area (Å²) in [5, 5.41) is 22.8. The Morgan fingerprint density at radius 3 is 2.50 bits per heavy atom. The van der Waals surface area contributed by atoms with Crippen molar-refractivity contribution in [1.29, 1.82) is 0 Å². The van der Waals surface area contributed by atoms with Crippen LogP contribution in [-0.2, 0) is 25.6 Å². The van der Waals surface area contributed by atoms with E-state index < -0.39 is 5.60 Å². The van der Waals surface area contributed by atoms with Crippen molar-refractivity contribution >= 4 is 34.1 Å². The number of hydrogen-bond donors (Lipinski definition) is 1. The van der Waals surface area contributed by atoms with Gasteiger partial charge >= 0.3 is 0 Å². The van der Waals surface area contributed by atoms with E-state index in [-0.39, 0.29) is 5.56 Å². The number of benzene rings is 3. The molecule has 0 amide bonds. The van der Waals surface area contributed by atoms with Crippen LogP contribution in [0.3, 0.4) is 0 Å². The summed E-state index contributed by atoms with van der Waals surface area (Å²) in [6, 6.07) is 20.2. The van der Waals surface area contributed by atoms with E-state index in [1.54, 1.807) is 48.3 Å². The lowest BCUT2D eigenvalue weighted by Crippen LogP contribution is -2.33. The van der Waals surface area contributed by atoms with E-state index in [0.717, 1.165) is 40.4 Å². The van der Waals surface area contributed by atoms with Gasteiger partial charge in [0.2, 0.25) is 0 Å². The van der Waals surface area contributed by atoms with Crippen molar-refractivity contribution in [3.63, 3.8) is 0 Å². The Labute approximate surface area is 217 Å². The van der Waals surface area contributed by atoms with Gasteiger partial charge in [0.15, 0.2) is 11.4 Å². The highest BCUT2D eigenvalue weighted by Crippen LogP contribution is 2.41. The summed E-state index contributed by atoms with van der Waals surface area (Å²) in [4.78, 5) is 13.1. The van der Waals surface area contributed by atoms with E-state index in [4.69, 9.17) is 23.2 Å². The zero-order valence-corrected chi connectivity index (χ0v) is 21.0. The van der Waals surface area contributed by atoms with E-state index in [0.29, 0.717) is 33.5 Å². The van der Waals surface area contributed by atoms with Gasteiger partial charge in [0.25, 0.3) is 5.56 Å². The van der Waals surface area contributed by atoms with Crippen molar-refractivity contribution in [2.75, 3.05) is 0 Å². The zero-order valence-electron chi connectivity index (χ0n) is 19.4. The summed E-state index contributed by atoms with van der Waals surface area (Å²) in [6.45, 7) is 0.655. The number of aromatic nitrogens is 4. The molecule has 0 aliphatic carbocycles. The van der Waals surface area contributed by atoms with Crippen LogP contribution in [0.25, 0.3) is 22.0 Å². The molecule has 3 aromatic carbocycles. The molecule has 2 aromatic heterocycles. The molecule has 0 spiro atoms. The highest BCUT2D eigenvalue weighted by Gasteiger charge is 2.39. The summed E-state index contributed by atoms with van der Waals surface area (Å²) in [5.74, 6) is 0.379. The Morgan fingerprint density at radius 1 is 0.972 bits per heavy atom. The first-order valence-electron chi connectivity index (χ1n) is 11.7. The van der Waals surface area contributed by atoms with Gasteiger partial charge in [-0.2, -0.15) is 0 Å². The van der Waals surface area contributed by atoms with Crippen molar-refractivity contribution < 1.29 is 5.11 Å². The molecule has 0 saturated heterocycles. The summed E-state index contributed by atoms with van der Waals surface area (Å²) in [5.41, 5.74) is 3.11. The van der Waals surface area contributed by atoms with Crippen LogP contribution in [0.1, 0.15) is 28.9 Å². The molecule has 8 heteroatoms. The fourth-order valence-corrected chi connectivity index (χ4v) is 5.59. The van der Waals surface area contributed by atoms with Gasteiger partial charge in [-0.3, -0.25) is 4.79 Å². The maximum atomic E-state index is 13.1. The molecule has 0 saturated carbocycles. The highest BCUT2D eigenvalue weighted by atomic mass is 35.5. The molecule has 5 aromatic rings. The van der Waals surface area contributed by atoms with Crippen LogP contribution in [0.5, 0.6) is 0 Å². The van der Waals surface area contributed by atoms with Gasteiger partial charge in [-0.05, 0) is 77.1 Å². The molecule has 180 valence electrons. The number of pyridine rings is 1. The molecule has 1 unspecified atom stereocenters. The average molecular weight is 517 g/mol. The van der Waals surface area contributed by atoms with Gasteiger partial charge < -0.3 is 14.2 Å². The predicted octanol–water partition coefficient (Wildman–Crippen LogP) is 5.33. The van der Waals surface area contributed by atoms with Crippen LogP contribution in [0.15, 0.2) is 77.9 Å². The lowest BCUT2D eigenvalue weighted by atomic mass is 9.82. The van der Waals surface area contributed by atoms with Crippen LogP contribution < -0.4 is 5.56 Å². The molecule has 1 aliphatic heterocycles. The summed E-state index contributed by atoms with van der Waals surface area (Å²) in [6.07, 6.45) is 3.19. The lowest BCUT2D eigenvalue weighted by Gasteiger charge is -2.31. The van der Waals surface area contributed by atoms with Gasteiger partial charge in [-0.15, -0.1) is 10.2 Å². The van der Waals surface area contributed by atoms with Gasteiger partial charge in [0.1, 0.15) is 6.33 Å². The van der Waals surface area contributed by atoms with Crippen molar-refractivity contribution in [3.05, 3.63) is 116 Å². The van der Waals surface area contributed by atoms with Crippen molar-refractivity contribution in [2.45, 2.75) is 25.0 Å². The number of rotatable bonds is 4. The standard InChI is InChI=1S/C28H22Cl2N4O2/c1-33-16-31-32-27(33)28(36,19-7-9-21(29)10-8-19)20-12-18-5-3-11-34-25(35)15-23(24(14-20)26(18)34)17-4-2-6-22(30)13-17/h2,4,6-10,12-16,36H,3,5,11H2,1H3. The Bertz CT molecular complexity index is 1690. The minimum Gasteiger partial charge on any atom is -0.373 e. The van der Waals surface area contributed by atoms with Crippen LogP contribution in [0.2, 0.25) is 10.0 Å². The van der Waals surface area contributed by atoms with Gasteiger partial charge in [-0.25, -0.2) is 0 Å². The SMILES string of the molecule is Cn1cnnc1C(O)(c1ccc(Cl)cc1)c1cc2c3c(c1)c(-c1cccc(Cl)c1)cc(=O)n3CCC2. The van der Waals surface area contributed by atoms with Crippen molar-refractivity contribution in [2.24, 2.45) is 7.05 Å². The molecule has 0 fully saturated rings. The second-order valence-corrected chi connectivity index (χ2v) is 10.0. The van der Waals surface area contributed by atoms with Crippen LogP contribution in [-0.4, -0.2) is 24.4 Å². The smallest absolute Gasteiger partial charge is 0.251 e. The maximum Gasteiger partial charge on any atom is 0.251 e. The molecule has 3 heterocycles. The van der Waals surface area contributed by atoms with Crippen LogP contribution >= 0.6 is 23.2 Å². The van der Waals surface area contributed by atoms with Crippen molar-refractivity contribution in [3.8, 4) is 11.1 Å². The Balaban J connectivity index is 1.72.